The van der Waals surface area contributed by atoms with Crippen LogP contribution in [0.3, 0.4) is 0 Å². The van der Waals surface area contributed by atoms with Crippen LogP contribution in [-0.2, 0) is 14.3 Å². The summed E-state index contributed by atoms with van der Waals surface area (Å²) >= 11 is 0. The van der Waals surface area contributed by atoms with Crippen molar-refractivity contribution in [3.8, 4) is 0 Å². The minimum Gasteiger partial charge on any atom is -0.378 e. The zero-order chi connectivity index (χ0) is 11.7. The first-order chi connectivity index (χ1) is 7.58. The molecule has 0 spiro atoms. The van der Waals surface area contributed by atoms with Crippen LogP contribution in [0.2, 0.25) is 0 Å². The van der Waals surface area contributed by atoms with Crippen LogP contribution in [0.5, 0.6) is 0 Å². The molecule has 2 aliphatic heterocycles. The zero-order valence-electron chi connectivity index (χ0n) is 9.73. The minimum atomic E-state index is -0.390. The molecule has 0 aromatic heterocycles. The van der Waals surface area contributed by atoms with Gasteiger partial charge in [0.2, 0.25) is 11.8 Å². The van der Waals surface area contributed by atoms with Gasteiger partial charge in [0.05, 0.1) is 12.6 Å². The molecule has 2 amide bonds. The summed E-state index contributed by atoms with van der Waals surface area (Å²) in [6.07, 6.45) is 1.16. The molecule has 0 bridgehead atoms. The van der Waals surface area contributed by atoms with Gasteiger partial charge in [-0.3, -0.25) is 9.59 Å². The van der Waals surface area contributed by atoms with Crippen LogP contribution in [0.15, 0.2) is 0 Å². The Morgan fingerprint density at radius 3 is 2.81 bits per heavy atom. The summed E-state index contributed by atoms with van der Waals surface area (Å²) in [4.78, 5) is 24.8. The Morgan fingerprint density at radius 1 is 1.44 bits per heavy atom. The minimum absolute atomic E-state index is 0.0127. The number of amides is 2. The molecule has 0 aromatic rings. The average Bonchev–Trinajstić information content (AvgIpc) is 2.60. The third-order valence-electron chi connectivity index (χ3n) is 3.38. The molecule has 3 atom stereocenters. The third kappa shape index (κ3) is 2.19. The van der Waals surface area contributed by atoms with Crippen LogP contribution in [0.4, 0.5) is 0 Å². The molecule has 2 saturated heterocycles. The van der Waals surface area contributed by atoms with Crippen molar-refractivity contribution in [2.45, 2.75) is 32.4 Å². The second-order valence-corrected chi connectivity index (χ2v) is 4.63. The van der Waals surface area contributed by atoms with Crippen LogP contribution in [0.1, 0.15) is 20.3 Å². The van der Waals surface area contributed by atoms with E-state index in [2.05, 4.69) is 5.32 Å². The lowest BCUT2D eigenvalue weighted by molar-refractivity contribution is -0.144. The number of hydrogen-bond acceptors (Lipinski definition) is 3. The second kappa shape index (κ2) is 4.41. The van der Waals surface area contributed by atoms with Crippen LogP contribution < -0.4 is 5.32 Å². The van der Waals surface area contributed by atoms with E-state index in [-0.39, 0.29) is 30.5 Å². The fourth-order valence-corrected chi connectivity index (χ4v) is 2.33. The molecular formula is C11H18N2O3. The molecule has 0 aliphatic carbocycles. The summed E-state index contributed by atoms with van der Waals surface area (Å²) in [5.41, 5.74) is 0. The molecule has 1 N–H and O–H groups in total. The highest BCUT2D eigenvalue weighted by atomic mass is 16.5. The quantitative estimate of drug-likeness (QED) is 0.707. The number of carbonyl (C=O) groups excluding carboxylic acids is 2. The Bertz CT molecular complexity index is 306. The van der Waals surface area contributed by atoms with Gasteiger partial charge in [-0.05, 0) is 20.3 Å². The molecule has 90 valence electrons. The van der Waals surface area contributed by atoms with Crippen LogP contribution in [0, 0.1) is 5.92 Å². The lowest BCUT2D eigenvalue weighted by Crippen LogP contribution is -2.57. The van der Waals surface area contributed by atoms with Gasteiger partial charge in [-0.1, -0.05) is 0 Å². The van der Waals surface area contributed by atoms with Crippen molar-refractivity contribution in [1.82, 2.24) is 10.2 Å². The highest BCUT2D eigenvalue weighted by Crippen LogP contribution is 2.22. The number of rotatable bonds is 2. The van der Waals surface area contributed by atoms with Crippen molar-refractivity contribution < 1.29 is 14.3 Å². The van der Waals surface area contributed by atoms with Gasteiger partial charge in [0.15, 0.2) is 0 Å². The Morgan fingerprint density at radius 2 is 2.19 bits per heavy atom. The lowest BCUT2D eigenvalue weighted by Gasteiger charge is -2.33. The normalized spacial score (nSPS) is 35.4. The third-order valence-corrected chi connectivity index (χ3v) is 3.38. The van der Waals surface area contributed by atoms with E-state index >= 15 is 0 Å². The van der Waals surface area contributed by atoms with Gasteiger partial charge in [0, 0.05) is 19.1 Å². The van der Waals surface area contributed by atoms with E-state index in [1.807, 2.05) is 6.92 Å². The van der Waals surface area contributed by atoms with Gasteiger partial charge < -0.3 is 15.0 Å². The van der Waals surface area contributed by atoms with Crippen molar-refractivity contribution in [2.24, 2.45) is 5.92 Å². The summed E-state index contributed by atoms with van der Waals surface area (Å²) in [5, 5.41) is 2.63. The van der Waals surface area contributed by atoms with Gasteiger partial charge in [0.1, 0.15) is 6.04 Å². The number of carbonyl (C=O) groups is 2. The fourth-order valence-electron chi connectivity index (χ4n) is 2.33. The topological polar surface area (TPSA) is 58.6 Å². The van der Waals surface area contributed by atoms with Gasteiger partial charge in [-0.25, -0.2) is 0 Å². The maximum absolute atomic E-state index is 11.8. The zero-order valence-corrected chi connectivity index (χ0v) is 9.73. The molecule has 3 unspecified atom stereocenters. The van der Waals surface area contributed by atoms with Crippen molar-refractivity contribution in [3.63, 3.8) is 0 Å². The van der Waals surface area contributed by atoms with Gasteiger partial charge >= 0.3 is 0 Å². The number of nitrogens with zero attached hydrogens (tertiary/aromatic N) is 1. The summed E-state index contributed by atoms with van der Waals surface area (Å²) in [7, 11) is 0. The van der Waals surface area contributed by atoms with Gasteiger partial charge in [-0.2, -0.15) is 0 Å². The first-order valence-electron chi connectivity index (χ1n) is 5.77. The number of piperazine rings is 1. The average molecular weight is 226 g/mol. The summed E-state index contributed by atoms with van der Waals surface area (Å²) < 4.78 is 5.46. The second-order valence-electron chi connectivity index (χ2n) is 4.63. The number of ether oxygens (including phenoxy) is 1. The molecule has 0 radical (unpaired) electrons. The molecule has 16 heavy (non-hydrogen) atoms. The van der Waals surface area contributed by atoms with Crippen LogP contribution in [-0.4, -0.2) is 48.6 Å². The van der Waals surface area contributed by atoms with E-state index in [1.54, 1.807) is 11.8 Å². The van der Waals surface area contributed by atoms with E-state index in [1.165, 1.54) is 0 Å². The largest absolute Gasteiger partial charge is 0.378 e. The van der Waals surface area contributed by atoms with E-state index < -0.39 is 0 Å². The predicted molar refractivity (Wildman–Crippen MR) is 57.7 cm³/mol. The van der Waals surface area contributed by atoms with Crippen molar-refractivity contribution in [2.75, 3.05) is 19.7 Å². The summed E-state index contributed by atoms with van der Waals surface area (Å²) in [6, 6.07) is -0.390. The molecule has 2 heterocycles. The molecule has 2 rings (SSSR count). The highest BCUT2D eigenvalue weighted by molar-refractivity contribution is 5.94. The van der Waals surface area contributed by atoms with Gasteiger partial charge in [-0.15, -0.1) is 0 Å². The first kappa shape index (κ1) is 11.4. The molecular weight excluding hydrogens is 208 g/mol. The molecule has 0 saturated carbocycles. The van der Waals surface area contributed by atoms with Crippen molar-refractivity contribution in [3.05, 3.63) is 0 Å². The first-order valence-corrected chi connectivity index (χ1v) is 5.77. The molecule has 2 aliphatic rings. The SMILES string of the molecule is CC1NC(=O)CN(CC2CCOC2C)C1=O. The van der Waals surface area contributed by atoms with Crippen LogP contribution in [0.25, 0.3) is 0 Å². The Labute approximate surface area is 95.1 Å². The molecule has 5 nitrogen and oxygen atoms in total. The standard InChI is InChI=1S/C11H18N2O3/c1-7-11(15)13(6-10(14)12-7)5-9-3-4-16-8(9)2/h7-9H,3-6H2,1-2H3,(H,12,14). The Hall–Kier alpha value is -1.10. The van der Waals surface area contributed by atoms with E-state index in [9.17, 15) is 9.59 Å². The maximum Gasteiger partial charge on any atom is 0.245 e. The van der Waals surface area contributed by atoms with E-state index in [0.717, 1.165) is 13.0 Å². The fraction of sp³-hybridized carbons (Fsp3) is 0.818. The van der Waals surface area contributed by atoms with E-state index in [4.69, 9.17) is 4.74 Å². The lowest BCUT2D eigenvalue weighted by atomic mass is 10.0. The number of nitrogens with one attached hydrogen (secondary N) is 1. The number of hydrogen-bond donors (Lipinski definition) is 1. The Kier molecular flexibility index (Phi) is 3.14. The maximum atomic E-state index is 11.8. The van der Waals surface area contributed by atoms with Crippen LogP contribution >= 0.6 is 0 Å². The van der Waals surface area contributed by atoms with Crippen molar-refractivity contribution >= 4 is 11.8 Å². The smallest absolute Gasteiger partial charge is 0.245 e. The van der Waals surface area contributed by atoms with Crippen molar-refractivity contribution in [1.29, 1.82) is 0 Å². The molecule has 5 heteroatoms. The van der Waals surface area contributed by atoms with Gasteiger partial charge in [0.25, 0.3) is 0 Å². The summed E-state index contributed by atoms with van der Waals surface area (Å²) in [5.74, 6) is 0.305. The Balaban J connectivity index is 1.97. The monoisotopic (exact) mass is 226 g/mol. The predicted octanol–water partition coefficient (Wildman–Crippen LogP) is -0.242. The molecule has 2 fully saturated rings. The van der Waals surface area contributed by atoms with E-state index in [0.29, 0.717) is 12.5 Å². The summed E-state index contributed by atoms with van der Waals surface area (Å²) in [6.45, 7) is 5.33. The highest BCUT2D eigenvalue weighted by Gasteiger charge is 2.33. The molecule has 0 aromatic carbocycles.